The highest BCUT2D eigenvalue weighted by molar-refractivity contribution is 5.74. The van der Waals surface area contributed by atoms with Crippen molar-refractivity contribution in [1.29, 1.82) is 0 Å². The van der Waals surface area contributed by atoms with E-state index in [1.54, 1.807) is 6.20 Å². The molecule has 0 spiro atoms. The first-order valence-corrected chi connectivity index (χ1v) is 8.31. The summed E-state index contributed by atoms with van der Waals surface area (Å²) in [5, 5.41) is 15.3. The largest absolute Gasteiger partial charge is 0.394 e. The molecule has 1 saturated carbocycles. The molecule has 1 heterocycles. The third-order valence-corrected chi connectivity index (χ3v) is 4.61. The molecule has 1 unspecified atom stereocenters. The van der Waals surface area contributed by atoms with Gasteiger partial charge in [0.1, 0.15) is 5.82 Å². The van der Waals surface area contributed by atoms with Gasteiger partial charge in [0.15, 0.2) is 0 Å². The van der Waals surface area contributed by atoms with Gasteiger partial charge in [0.25, 0.3) is 0 Å². The molecule has 2 amide bonds. The van der Waals surface area contributed by atoms with Crippen LogP contribution in [0.1, 0.15) is 31.2 Å². The lowest BCUT2D eigenvalue weighted by atomic mass is 9.97. The lowest BCUT2D eigenvalue weighted by Gasteiger charge is -2.28. The van der Waals surface area contributed by atoms with Gasteiger partial charge < -0.3 is 20.3 Å². The Morgan fingerprint density at radius 2 is 2.12 bits per heavy atom. The highest BCUT2D eigenvalue weighted by atomic mass is 16.3. The number of aliphatic hydroxyl groups excluding tert-OH is 1. The average molecular weight is 328 g/mol. The van der Waals surface area contributed by atoms with Crippen LogP contribution in [0.15, 0.2) is 42.7 Å². The van der Waals surface area contributed by atoms with Crippen LogP contribution in [0.3, 0.4) is 0 Å². The summed E-state index contributed by atoms with van der Waals surface area (Å²) in [6.45, 7) is 2.90. The van der Waals surface area contributed by atoms with Crippen molar-refractivity contribution in [1.82, 2.24) is 20.2 Å². The molecule has 6 heteroatoms. The van der Waals surface area contributed by atoms with Gasteiger partial charge >= 0.3 is 6.03 Å². The first kappa shape index (κ1) is 16.5. The predicted octanol–water partition coefficient (Wildman–Crippen LogP) is 1.89. The number of nitrogens with zero attached hydrogens (tertiary/aromatic N) is 2. The van der Waals surface area contributed by atoms with E-state index in [9.17, 15) is 9.90 Å². The summed E-state index contributed by atoms with van der Waals surface area (Å²) >= 11 is 0. The normalized spacial score (nSPS) is 16.4. The van der Waals surface area contributed by atoms with E-state index in [1.807, 2.05) is 35.9 Å². The molecule has 0 aliphatic heterocycles. The smallest absolute Gasteiger partial charge is 0.315 e. The number of benzene rings is 1. The number of hydrogen-bond donors (Lipinski definition) is 3. The summed E-state index contributed by atoms with van der Waals surface area (Å²) in [6.07, 6.45) is 5.75. The van der Waals surface area contributed by atoms with E-state index in [0.717, 1.165) is 25.2 Å². The minimum Gasteiger partial charge on any atom is -0.394 e. The van der Waals surface area contributed by atoms with Crippen molar-refractivity contribution in [2.45, 2.75) is 38.4 Å². The van der Waals surface area contributed by atoms with E-state index in [2.05, 4.69) is 27.8 Å². The number of aliphatic hydroxyl groups is 1. The third kappa shape index (κ3) is 3.94. The van der Waals surface area contributed by atoms with Crippen molar-refractivity contribution in [3.8, 4) is 0 Å². The van der Waals surface area contributed by atoms with E-state index >= 15 is 0 Å². The van der Waals surface area contributed by atoms with Crippen molar-refractivity contribution >= 4 is 6.03 Å². The predicted molar refractivity (Wildman–Crippen MR) is 91.4 cm³/mol. The quantitative estimate of drug-likeness (QED) is 0.726. The molecule has 3 N–H and O–H groups in total. The summed E-state index contributed by atoms with van der Waals surface area (Å²) in [4.78, 5) is 16.5. The number of carbonyl (C=O) groups is 1. The monoisotopic (exact) mass is 328 g/mol. The number of imidazole rings is 1. The second-order valence-electron chi connectivity index (χ2n) is 6.61. The Labute approximate surface area is 141 Å². The zero-order valence-corrected chi connectivity index (χ0v) is 13.9. The maximum Gasteiger partial charge on any atom is 0.315 e. The SMILES string of the molecule is CC(CO)(NC(=O)NCc1nccn1Cc1ccccc1)C1CC1. The molecule has 3 rings (SSSR count). The molecule has 24 heavy (non-hydrogen) atoms. The van der Waals surface area contributed by atoms with Crippen molar-refractivity contribution in [2.75, 3.05) is 6.61 Å². The molecule has 1 aromatic heterocycles. The van der Waals surface area contributed by atoms with Gasteiger partial charge in [0.05, 0.1) is 18.7 Å². The summed E-state index contributed by atoms with van der Waals surface area (Å²) < 4.78 is 2.02. The first-order valence-electron chi connectivity index (χ1n) is 8.31. The highest BCUT2D eigenvalue weighted by Gasteiger charge is 2.42. The zero-order chi connectivity index (χ0) is 17.0. The van der Waals surface area contributed by atoms with Gasteiger partial charge in [-0.1, -0.05) is 30.3 Å². The molecule has 1 aliphatic carbocycles. The molecule has 0 saturated heterocycles. The minimum atomic E-state index is -0.538. The van der Waals surface area contributed by atoms with Crippen LogP contribution >= 0.6 is 0 Å². The van der Waals surface area contributed by atoms with Crippen LogP contribution in [-0.2, 0) is 13.1 Å². The molecule has 6 nitrogen and oxygen atoms in total. The van der Waals surface area contributed by atoms with E-state index in [0.29, 0.717) is 12.5 Å². The zero-order valence-electron chi connectivity index (χ0n) is 13.9. The Kier molecular flexibility index (Phi) is 4.85. The van der Waals surface area contributed by atoms with Gasteiger partial charge in [0, 0.05) is 18.9 Å². The molecule has 0 radical (unpaired) electrons. The molecule has 1 aliphatic rings. The summed E-state index contributed by atoms with van der Waals surface area (Å²) in [6, 6.07) is 9.85. The number of carbonyl (C=O) groups excluding carboxylic acids is 1. The van der Waals surface area contributed by atoms with Crippen LogP contribution in [-0.4, -0.2) is 32.8 Å². The number of rotatable bonds is 7. The molecular formula is C18H24N4O2. The third-order valence-electron chi connectivity index (χ3n) is 4.61. The molecule has 128 valence electrons. The highest BCUT2D eigenvalue weighted by Crippen LogP contribution is 2.39. The Morgan fingerprint density at radius 1 is 1.38 bits per heavy atom. The van der Waals surface area contributed by atoms with Crippen molar-refractivity contribution in [3.63, 3.8) is 0 Å². The second-order valence-corrected chi connectivity index (χ2v) is 6.61. The van der Waals surface area contributed by atoms with Crippen LogP contribution in [0, 0.1) is 5.92 Å². The Bertz CT molecular complexity index is 681. The Morgan fingerprint density at radius 3 is 2.79 bits per heavy atom. The van der Waals surface area contributed by atoms with E-state index in [-0.39, 0.29) is 12.6 Å². The topological polar surface area (TPSA) is 79.2 Å². The fourth-order valence-corrected chi connectivity index (χ4v) is 2.89. The van der Waals surface area contributed by atoms with Gasteiger partial charge in [-0.15, -0.1) is 0 Å². The molecule has 2 aromatic rings. The van der Waals surface area contributed by atoms with Crippen LogP contribution in [0.5, 0.6) is 0 Å². The standard InChI is InChI=1S/C18H24N4O2/c1-18(13-23,15-7-8-15)21-17(24)20-11-16-19-9-10-22(16)12-14-5-3-2-4-6-14/h2-6,9-10,15,23H,7-8,11-13H2,1H3,(H2,20,21,24). The summed E-state index contributed by atoms with van der Waals surface area (Å²) in [5.41, 5.74) is 0.645. The molecule has 0 bridgehead atoms. The number of hydrogen-bond acceptors (Lipinski definition) is 3. The minimum absolute atomic E-state index is 0.0479. The van der Waals surface area contributed by atoms with E-state index < -0.39 is 5.54 Å². The summed E-state index contributed by atoms with van der Waals surface area (Å²) in [5.74, 6) is 1.17. The maximum absolute atomic E-state index is 12.1. The van der Waals surface area contributed by atoms with Crippen LogP contribution in [0.2, 0.25) is 0 Å². The number of urea groups is 1. The van der Waals surface area contributed by atoms with Crippen molar-refractivity contribution in [3.05, 3.63) is 54.1 Å². The fraction of sp³-hybridized carbons (Fsp3) is 0.444. The molecule has 1 aromatic carbocycles. The van der Waals surface area contributed by atoms with Gasteiger partial charge in [-0.2, -0.15) is 0 Å². The van der Waals surface area contributed by atoms with Crippen molar-refractivity contribution in [2.24, 2.45) is 5.92 Å². The Hall–Kier alpha value is -2.34. The Balaban J connectivity index is 1.55. The molecular weight excluding hydrogens is 304 g/mol. The van der Waals surface area contributed by atoms with Crippen molar-refractivity contribution < 1.29 is 9.90 Å². The van der Waals surface area contributed by atoms with Crippen LogP contribution in [0.25, 0.3) is 0 Å². The number of nitrogens with one attached hydrogen (secondary N) is 2. The van der Waals surface area contributed by atoms with Crippen LogP contribution in [0.4, 0.5) is 4.79 Å². The average Bonchev–Trinajstić information content (AvgIpc) is 3.36. The lowest BCUT2D eigenvalue weighted by molar-refractivity contribution is 0.155. The second kappa shape index (κ2) is 7.05. The fourth-order valence-electron chi connectivity index (χ4n) is 2.89. The van der Waals surface area contributed by atoms with Gasteiger partial charge in [-0.25, -0.2) is 9.78 Å². The van der Waals surface area contributed by atoms with E-state index in [4.69, 9.17) is 0 Å². The maximum atomic E-state index is 12.1. The van der Waals surface area contributed by atoms with Crippen LogP contribution < -0.4 is 10.6 Å². The number of aromatic nitrogens is 2. The molecule has 1 fully saturated rings. The van der Waals surface area contributed by atoms with Gasteiger partial charge in [0.2, 0.25) is 0 Å². The van der Waals surface area contributed by atoms with E-state index in [1.165, 1.54) is 5.56 Å². The lowest BCUT2D eigenvalue weighted by Crippen LogP contribution is -2.54. The first-order chi connectivity index (χ1) is 11.6. The van der Waals surface area contributed by atoms with Gasteiger partial charge in [-0.05, 0) is 31.2 Å². The molecule has 1 atom stereocenters. The number of amides is 2. The summed E-state index contributed by atoms with van der Waals surface area (Å²) in [7, 11) is 0. The van der Waals surface area contributed by atoms with Gasteiger partial charge in [-0.3, -0.25) is 0 Å².